The molecule has 0 saturated carbocycles. The van der Waals surface area contributed by atoms with Gasteiger partial charge >= 0.3 is 6.09 Å². The van der Waals surface area contributed by atoms with Gasteiger partial charge in [0.25, 0.3) is 0 Å². The van der Waals surface area contributed by atoms with Gasteiger partial charge in [-0.05, 0) is 38.0 Å². The van der Waals surface area contributed by atoms with Gasteiger partial charge in [-0.25, -0.2) is 4.79 Å². The Balaban J connectivity index is 1.37. The van der Waals surface area contributed by atoms with E-state index in [9.17, 15) is 4.79 Å². The Morgan fingerprint density at radius 3 is 2.31 bits per heavy atom. The summed E-state index contributed by atoms with van der Waals surface area (Å²) in [6.45, 7) is 9.20. The number of aromatic nitrogens is 1. The highest BCUT2D eigenvalue weighted by Gasteiger charge is 2.42. The Hall–Kier alpha value is -2.82. The summed E-state index contributed by atoms with van der Waals surface area (Å²) in [6.07, 6.45) is 7.86. The van der Waals surface area contributed by atoms with Crippen molar-refractivity contribution in [1.29, 1.82) is 0 Å². The maximum Gasteiger partial charge on any atom is 0.410 e. The van der Waals surface area contributed by atoms with Gasteiger partial charge in [-0.2, -0.15) is 0 Å². The van der Waals surface area contributed by atoms with Crippen LogP contribution in [0.1, 0.15) is 31.9 Å². The molecule has 2 aliphatic rings. The van der Waals surface area contributed by atoms with Gasteiger partial charge in [0.05, 0.1) is 11.9 Å². The highest BCUT2D eigenvalue weighted by molar-refractivity contribution is 5.71. The van der Waals surface area contributed by atoms with Crippen LogP contribution in [0.5, 0.6) is 0 Å². The molecule has 0 spiro atoms. The second-order valence-corrected chi connectivity index (χ2v) is 9.03. The minimum atomic E-state index is -0.444. The van der Waals surface area contributed by atoms with Crippen LogP contribution in [-0.2, 0) is 4.74 Å². The van der Waals surface area contributed by atoms with Gasteiger partial charge in [-0.15, -0.1) is 0 Å². The Morgan fingerprint density at radius 1 is 1.00 bits per heavy atom. The molecule has 2 unspecified atom stereocenters. The maximum atomic E-state index is 12.3. The topological polar surface area (TPSA) is 45.7 Å². The zero-order chi connectivity index (χ0) is 20.4. The van der Waals surface area contributed by atoms with Crippen molar-refractivity contribution in [2.24, 2.45) is 11.8 Å². The number of amides is 1. The second kappa shape index (κ2) is 7.90. The molecule has 1 amide bonds. The molecule has 4 rings (SSSR count). The van der Waals surface area contributed by atoms with E-state index in [0.717, 1.165) is 37.4 Å². The number of ether oxygens (including phenoxy) is 1. The minimum Gasteiger partial charge on any atom is -0.444 e. The van der Waals surface area contributed by atoms with Crippen LogP contribution < -0.4 is 4.90 Å². The van der Waals surface area contributed by atoms with Crippen molar-refractivity contribution < 1.29 is 9.53 Å². The smallest absolute Gasteiger partial charge is 0.410 e. The molecule has 2 aliphatic heterocycles. The number of carbonyl (C=O) groups excluding carboxylic acids is 1. The highest BCUT2D eigenvalue weighted by Crippen LogP contribution is 2.34. The zero-order valence-corrected chi connectivity index (χ0v) is 17.4. The minimum absolute atomic E-state index is 0.187. The Morgan fingerprint density at radius 2 is 1.66 bits per heavy atom. The maximum absolute atomic E-state index is 12.3. The molecular formula is C24H29N3O2. The third kappa shape index (κ3) is 4.78. The van der Waals surface area contributed by atoms with Gasteiger partial charge < -0.3 is 14.5 Å². The fourth-order valence-electron chi connectivity index (χ4n) is 4.15. The number of nitrogens with zero attached hydrogens (tertiary/aromatic N) is 3. The van der Waals surface area contributed by atoms with Crippen LogP contribution in [0.15, 0.2) is 48.8 Å². The van der Waals surface area contributed by atoms with Crippen molar-refractivity contribution in [3.63, 3.8) is 0 Å². The Labute approximate surface area is 173 Å². The first-order valence-corrected chi connectivity index (χ1v) is 10.3. The SMILES string of the molecule is CC(C)(C)OC(=O)N1CC2CN(c3cncc(C=Cc4ccccc4)c3)CC2C1. The van der Waals surface area contributed by atoms with Crippen molar-refractivity contribution in [3.8, 4) is 0 Å². The predicted octanol–water partition coefficient (Wildman–Crippen LogP) is 4.56. The van der Waals surface area contributed by atoms with Crippen LogP contribution in [0.3, 0.4) is 0 Å². The molecular weight excluding hydrogens is 362 g/mol. The van der Waals surface area contributed by atoms with Gasteiger partial charge in [0.2, 0.25) is 0 Å². The molecule has 2 aromatic rings. The summed E-state index contributed by atoms with van der Waals surface area (Å²) >= 11 is 0. The number of pyridine rings is 1. The molecule has 2 fully saturated rings. The largest absolute Gasteiger partial charge is 0.444 e. The van der Waals surface area contributed by atoms with Crippen LogP contribution >= 0.6 is 0 Å². The third-order valence-corrected chi connectivity index (χ3v) is 5.52. The van der Waals surface area contributed by atoms with Crippen LogP contribution in [0.25, 0.3) is 12.2 Å². The average molecular weight is 392 g/mol. The number of carbonyl (C=O) groups is 1. The lowest BCUT2D eigenvalue weighted by Crippen LogP contribution is -2.37. The Bertz CT molecular complexity index is 874. The predicted molar refractivity (Wildman–Crippen MR) is 117 cm³/mol. The van der Waals surface area contributed by atoms with Crippen LogP contribution in [0.2, 0.25) is 0 Å². The summed E-state index contributed by atoms with van der Waals surface area (Å²) in [5, 5.41) is 0. The van der Waals surface area contributed by atoms with E-state index >= 15 is 0 Å². The lowest BCUT2D eigenvalue weighted by Gasteiger charge is -2.26. The van der Waals surface area contributed by atoms with Crippen molar-refractivity contribution in [2.45, 2.75) is 26.4 Å². The van der Waals surface area contributed by atoms with Gasteiger partial charge in [0.15, 0.2) is 0 Å². The lowest BCUT2D eigenvalue weighted by atomic mass is 10.0. The molecule has 1 aromatic carbocycles. The first-order valence-electron chi connectivity index (χ1n) is 10.3. The number of fused-ring (bicyclic) bond motifs is 1. The summed E-state index contributed by atoms with van der Waals surface area (Å²) in [4.78, 5) is 21.1. The van der Waals surface area contributed by atoms with Crippen LogP contribution in [-0.4, -0.2) is 47.8 Å². The quantitative estimate of drug-likeness (QED) is 0.770. The molecule has 2 atom stereocenters. The van der Waals surface area contributed by atoms with E-state index in [-0.39, 0.29) is 6.09 Å². The first-order chi connectivity index (χ1) is 13.9. The van der Waals surface area contributed by atoms with Gasteiger partial charge in [-0.3, -0.25) is 4.98 Å². The normalized spacial score (nSPS) is 21.6. The van der Waals surface area contributed by atoms with E-state index in [0.29, 0.717) is 11.8 Å². The van der Waals surface area contributed by atoms with Crippen molar-refractivity contribution >= 4 is 23.9 Å². The molecule has 1 aromatic heterocycles. The number of likely N-dealkylation sites (tertiary alicyclic amines) is 1. The average Bonchev–Trinajstić information content (AvgIpc) is 3.25. The molecule has 3 heterocycles. The number of hydrogen-bond acceptors (Lipinski definition) is 4. The fourth-order valence-corrected chi connectivity index (χ4v) is 4.15. The van der Waals surface area contributed by atoms with Crippen LogP contribution in [0.4, 0.5) is 10.5 Å². The molecule has 0 N–H and O–H groups in total. The lowest BCUT2D eigenvalue weighted by molar-refractivity contribution is 0.0282. The van der Waals surface area contributed by atoms with Crippen molar-refractivity contribution in [2.75, 3.05) is 31.1 Å². The summed E-state index contributed by atoms with van der Waals surface area (Å²) in [6, 6.07) is 12.5. The van der Waals surface area contributed by atoms with Crippen molar-refractivity contribution in [3.05, 3.63) is 59.9 Å². The van der Waals surface area contributed by atoms with E-state index in [1.54, 1.807) is 0 Å². The Kier molecular flexibility index (Phi) is 5.31. The summed E-state index contributed by atoms with van der Waals surface area (Å²) in [5.41, 5.74) is 2.98. The zero-order valence-electron chi connectivity index (χ0n) is 17.4. The molecule has 152 valence electrons. The standard InChI is InChI=1S/C24H29N3O2/c1-24(2,3)29-23(28)27-16-20-14-26(15-21(20)17-27)22-11-19(12-25-13-22)10-9-18-7-5-4-6-8-18/h4-13,20-21H,14-17H2,1-3H3. The summed E-state index contributed by atoms with van der Waals surface area (Å²) in [5.74, 6) is 0.983. The second-order valence-electron chi connectivity index (χ2n) is 9.03. The number of anilines is 1. The molecule has 0 radical (unpaired) electrons. The summed E-state index contributed by atoms with van der Waals surface area (Å²) < 4.78 is 5.53. The molecule has 5 nitrogen and oxygen atoms in total. The summed E-state index contributed by atoms with van der Waals surface area (Å²) in [7, 11) is 0. The third-order valence-electron chi connectivity index (χ3n) is 5.52. The molecule has 2 saturated heterocycles. The van der Waals surface area contributed by atoms with Gasteiger partial charge in [0.1, 0.15) is 5.60 Å². The highest BCUT2D eigenvalue weighted by atomic mass is 16.6. The monoisotopic (exact) mass is 391 g/mol. The first kappa shape index (κ1) is 19.5. The number of benzene rings is 1. The molecule has 0 aliphatic carbocycles. The molecule has 5 heteroatoms. The van der Waals surface area contributed by atoms with E-state index < -0.39 is 5.60 Å². The van der Waals surface area contributed by atoms with E-state index in [4.69, 9.17) is 4.74 Å². The fraction of sp³-hybridized carbons (Fsp3) is 0.417. The number of hydrogen-bond donors (Lipinski definition) is 0. The van der Waals surface area contributed by atoms with E-state index in [1.807, 2.05) is 56.3 Å². The number of rotatable bonds is 3. The van der Waals surface area contributed by atoms with Gasteiger partial charge in [-0.1, -0.05) is 42.5 Å². The van der Waals surface area contributed by atoms with Crippen molar-refractivity contribution in [1.82, 2.24) is 9.88 Å². The molecule has 0 bridgehead atoms. The van der Waals surface area contributed by atoms with E-state index in [1.165, 1.54) is 5.56 Å². The molecule has 29 heavy (non-hydrogen) atoms. The van der Waals surface area contributed by atoms with E-state index in [2.05, 4.69) is 40.2 Å². The van der Waals surface area contributed by atoms with Gasteiger partial charge in [0, 0.05) is 44.2 Å². The van der Waals surface area contributed by atoms with Crippen LogP contribution in [0, 0.1) is 11.8 Å².